The third-order valence-corrected chi connectivity index (χ3v) is 4.70. The maximum Gasteiger partial charge on any atom is 0.261 e. The molecule has 0 atom stereocenters. The normalized spacial score (nSPS) is 11.4. The molecule has 0 aliphatic carbocycles. The van der Waals surface area contributed by atoms with Gasteiger partial charge < -0.3 is 0 Å². The molecule has 0 radical (unpaired) electrons. The lowest BCUT2D eigenvalue weighted by Gasteiger charge is -2.13. The summed E-state index contributed by atoms with van der Waals surface area (Å²) in [6, 6.07) is 12.0. The van der Waals surface area contributed by atoms with E-state index in [0.717, 1.165) is 11.1 Å². The average molecular weight is 329 g/mol. The Balaban J connectivity index is 2.02. The number of sulfonamides is 1. The van der Waals surface area contributed by atoms with Gasteiger partial charge in [0.15, 0.2) is 0 Å². The third-order valence-electron chi connectivity index (χ3n) is 3.32. The van der Waals surface area contributed by atoms with Gasteiger partial charge in [-0.05, 0) is 54.1 Å². The first-order valence-electron chi connectivity index (χ1n) is 6.89. The summed E-state index contributed by atoms with van der Waals surface area (Å²) in [5.41, 5.74) is 2.88. The van der Waals surface area contributed by atoms with E-state index in [0.29, 0.717) is 11.4 Å². The first-order chi connectivity index (χ1) is 11.0. The first kappa shape index (κ1) is 15.2. The number of benzene rings is 2. The van der Waals surface area contributed by atoms with Crippen molar-refractivity contribution in [3.63, 3.8) is 0 Å². The second-order valence-corrected chi connectivity index (χ2v) is 6.88. The molecule has 0 amide bonds. The van der Waals surface area contributed by atoms with E-state index in [-0.39, 0.29) is 4.90 Å². The number of hydrogen-bond acceptors (Lipinski definition) is 5. The van der Waals surface area contributed by atoms with Crippen LogP contribution in [0.5, 0.6) is 0 Å². The van der Waals surface area contributed by atoms with Crippen molar-refractivity contribution in [3.05, 3.63) is 59.9 Å². The number of anilines is 1. The molecule has 0 fully saturated rings. The van der Waals surface area contributed by atoms with Crippen molar-refractivity contribution in [2.75, 3.05) is 4.72 Å². The second-order valence-electron chi connectivity index (χ2n) is 5.19. The summed E-state index contributed by atoms with van der Waals surface area (Å²) in [5, 5.41) is 11.0. The van der Waals surface area contributed by atoms with Crippen LogP contribution < -0.4 is 4.72 Å². The predicted molar refractivity (Wildman–Crippen MR) is 85.9 cm³/mol. The zero-order valence-electron chi connectivity index (χ0n) is 12.6. The van der Waals surface area contributed by atoms with Gasteiger partial charge in [0.25, 0.3) is 10.0 Å². The van der Waals surface area contributed by atoms with Gasteiger partial charge in [-0.25, -0.2) is 8.42 Å². The van der Waals surface area contributed by atoms with Crippen LogP contribution in [0, 0.1) is 13.8 Å². The van der Waals surface area contributed by atoms with Crippen LogP contribution >= 0.6 is 0 Å². The quantitative estimate of drug-likeness (QED) is 0.791. The minimum atomic E-state index is -3.69. The zero-order chi connectivity index (χ0) is 16.4. The first-order valence-corrected chi connectivity index (χ1v) is 8.37. The number of hydrogen-bond donors (Lipinski definition) is 1. The van der Waals surface area contributed by atoms with Gasteiger partial charge in [-0.3, -0.25) is 4.72 Å². The predicted octanol–water partition coefficient (Wildman–Crippen LogP) is 2.08. The van der Waals surface area contributed by atoms with Crippen molar-refractivity contribution in [1.82, 2.24) is 20.2 Å². The van der Waals surface area contributed by atoms with Crippen molar-refractivity contribution in [2.45, 2.75) is 18.7 Å². The van der Waals surface area contributed by atoms with Gasteiger partial charge in [0, 0.05) is 0 Å². The molecule has 1 heterocycles. The summed E-state index contributed by atoms with van der Waals surface area (Å²) in [7, 11) is -3.69. The van der Waals surface area contributed by atoms with Crippen molar-refractivity contribution < 1.29 is 8.42 Å². The summed E-state index contributed by atoms with van der Waals surface area (Å²) in [5.74, 6) is 0. The molecule has 1 aromatic heterocycles. The maximum atomic E-state index is 12.6. The number of nitrogens with zero attached hydrogens (tertiary/aromatic N) is 4. The van der Waals surface area contributed by atoms with Gasteiger partial charge in [-0.2, -0.15) is 4.68 Å². The Bertz CT molecular complexity index is 919. The molecule has 1 N–H and O–H groups in total. The van der Waals surface area contributed by atoms with Crippen LogP contribution in [0.15, 0.2) is 53.7 Å². The molecule has 0 aliphatic heterocycles. The van der Waals surface area contributed by atoms with E-state index < -0.39 is 10.0 Å². The third kappa shape index (κ3) is 3.21. The van der Waals surface area contributed by atoms with Gasteiger partial charge in [0.05, 0.1) is 16.3 Å². The Kier molecular flexibility index (Phi) is 3.83. The molecule has 23 heavy (non-hydrogen) atoms. The molecule has 0 saturated carbocycles. The van der Waals surface area contributed by atoms with Gasteiger partial charge in [0.2, 0.25) is 0 Å². The fourth-order valence-electron chi connectivity index (χ4n) is 2.12. The molecule has 0 aliphatic rings. The fourth-order valence-corrected chi connectivity index (χ4v) is 3.19. The molecule has 8 heteroatoms. The van der Waals surface area contributed by atoms with Gasteiger partial charge in [0.1, 0.15) is 6.33 Å². The summed E-state index contributed by atoms with van der Waals surface area (Å²) in [4.78, 5) is 0.201. The standard InChI is InChI=1S/C15H15N5O2S/c1-11-3-6-13(7-4-11)23(21,22)17-14-9-12(2)5-8-15(14)20-10-16-18-19-20/h3-10,17H,1-2H3. The molecule has 0 saturated heterocycles. The molecular formula is C15H15N5O2S. The molecule has 7 nitrogen and oxygen atoms in total. The number of aromatic nitrogens is 4. The number of nitrogens with one attached hydrogen (secondary N) is 1. The summed E-state index contributed by atoms with van der Waals surface area (Å²) in [6.45, 7) is 3.78. The lowest BCUT2D eigenvalue weighted by atomic mass is 10.2. The van der Waals surface area contributed by atoms with Crippen LogP contribution in [0.25, 0.3) is 5.69 Å². The zero-order valence-corrected chi connectivity index (χ0v) is 13.4. The molecule has 2 aromatic carbocycles. The van der Waals surface area contributed by atoms with Gasteiger partial charge >= 0.3 is 0 Å². The summed E-state index contributed by atoms with van der Waals surface area (Å²) >= 11 is 0. The molecule has 3 aromatic rings. The van der Waals surface area contributed by atoms with Crippen LogP contribution in [0.4, 0.5) is 5.69 Å². The highest BCUT2D eigenvalue weighted by Gasteiger charge is 2.17. The molecule has 118 valence electrons. The minimum absolute atomic E-state index is 0.201. The Morgan fingerprint density at radius 2 is 1.70 bits per heavy atom. The molecule has 0 spiro atoms. The van der Waals surface area contributed by atoms with Gasteiger partial charge in [-0.1, -0.05) is 23.8 Å². The average Bonchev–Trinajstić information content (AvgIpc) is 3.01. The van der Waals surface area contributed by atoms with Crippen molar-refractivity contribution in [3.8, 4) is 5.69 Å². The molecular weight excluding hydrogens is 314 g/mol. The van der Waals surface area contributed by atoms with E-state index >= 15 is 0 Å². The van der Waals surface area contributed by atoms with Gasteiger partial charge in [-0.15, -0.1) is 5.10 Å². The van der Waals surface area contributed by atoms with E-state index in [4.69, 9.17) is 0 Å². The SMILES string of the molecule is Cc1ccc(S(=O)(=O)Nc2cc(C)ccc2-n2cnnn2)cc1. The van der Waals surface area contributed by atoms with E-state index in [1.165, 1.54) is 11.0 Å². The highest BCUT2D eigenvalue weighted by atomic mass is 32.2. The topological polar surface area (TPSA) is 89.8 Å². The monoisotopic (exact) mass is 329 g/mol. The van der Waals surface area contributed by atoms with E-state index in [1.807, 2.05) is 19.9 Å². The van der Waals surface area contributed by atoms with Crippen LogP contribution in [0.3, 0.4) is 0 Å². The van der Waals surface area contributed by atoms with E-state index in [2.05, 4.69) is 20.2 Å². The number of aryl methyl sites for hydroxylation is 2. The van der Waals surface area contributed by atoms with E-state index in [1.54, 1.807) is 36.4 Å². The lowest BCUT2D eigenvalue weighted by molar-refractivity contribution is 0.601. The maximum absolute atomic E-state index is 12.6. The highest BCUT2D eigenvalue weighted by molar-refractivity contribution is 7.92. The Hall–Kier alpha value is -2.74. The molecule has 0 bridgehead atoms. The van der Waals surface area contributed by atoms with Crippen LogP contribution in [-0.2, 0) is 10.0 Å². The summed E-state index contributed by atoms with van der Waals surface area (Å²) < 4.78 is 29.2. The van der Waals surface area contributed by atoms with E-state index in [9.17, 15) is 8.42 Å². The van der Waals surface area contributed by atoms with Crippen LogP contribution in [0.1, 0.15) is 11.1 Å². The Labute approximate surface area is 134 Å². The van der Waals surface area contributed by atoms with Crippen LogP contribution in [0.2, 0.25) is 0 Å². The molecule has 0 unspecified atom stereocenters. The van der Waals surface area contributed by atoms with Crippen molar-refractivity contribution in [1.29, 1.82) is 0 Å². The van der Waals surface area contributed by atoms with Crippen molar-refractivity contribution >= 4 is 15.7 Å². The Morgan fingerprint density at radius 3 is 2.35 bits per heavy atom. The minimum Gasteiger partial charge on any atom is -0.277 e. The van der Waals surface area contributed by atoms with Crippen molar-refractivity contribution in [2.24, 2.45) is 0 Å². The number of tetrazole rings is 1. The smallest absolute Gasteiger partial charge is 0.261 e. The lowest BCUT2D eigenvalue weighted by Crippen LogP contribution is -2.15. The fraction of sp³-hybridized carbons (Fsp3) is 0.133. The van der Waals surface area contributed by atoms with Crippen LogP contribution in [-0.4, -0.2) is 28.6 Å². The largest absolute Gasteiger partial charge is 0.277 e. The highest BCUT2D eigenvalue weighted by Crippen LogP contribution is 2.24. The number of rotatable bonds is 4. The second kappa shape index (κ2) is 5.81. The molecule has 3 rings (SSSR count). The summed E-state index contributed by atoms with van der Waals surface area (Å²) in [6.07, 6.45) is 1.41. The Morgan fingerprint density at radius 1 is 1.00 bits per heavy atom.